The van der Waals surface area contributed by atoms with Crippen LogP contribution >= 0.6 is 0 Å². The summed E-state index contributed by atoms with van der Waals surface area (Å²) < 4.78 is 0. The van der Waals surface area contributed by atoms with Gasteiger partial charge in [-0.2, -0.15) is 0 Å². The molecule has 0 atom stereocenters. The number of nitrogens with zero attached hydrogens (tertiary/aromatic N) is 2. The van der Waals surface area contributed by atoms with Gasteiger partial charge in [0.25, 0.3) is 0 Å². The van der Waals surface area contributed by atoms with E-state index in [9.17, 15) is 0 Å². The molecule has 6 aromatic rings. The molecule has 0 N–H and O–H groups in total. The molecule has 0 saturated carbocycles. The maximum absolute atomic E-state index is 2.45. The molecule has 6 aromatic carbocycles. The van der Waals surface area contributed by atoms with Crippen molar-refractivity contribution < 1.29 is 0 Å². The van der Waals surface area contributed by atoms with Gasteiger partial charge in [0.05, 0.1) is 5.41 Å². The number of hydrogen-bond acceptors (Lipinski definition) is 2. The predicted octanol–water partition coefficient (Wildman–Crippen LogP) is 9.34. The molecule has 0 bridgehead atoms. The molecule has 0 saturated heterocycles. The fourth-order valence-electron chi connectivity index (χ4n) is 8.33. The van der Waals surface area contributed by atoms with Crippen molar-refractivity contribution in [2.24, 2.45) is 0 Å². The number of benzene rings is 6. The van der Waals surface area contributed by atoms with Crippen LogP contribution in [0, 0.1) is 0 Å². The minimum atomic E-state index is -0.306. The minimum absolute atomic E-state index is 0.306. The number of rotatable bonds is 3. The molecule has 1 spiro atoms. The molecule has 1 heterocycles. The van der Waals surface area contributed by atoms with Crippen LogP contribution in [0.3, 0.4) is 0 Å². The Morgan fingerprint density at radius 3 is 1.91 bits per heavy atom. The van der Waals surface area contributed by atoms with Gasteiger partial charge in [-0.15, -0.1) is 0 Å². The van der Waals surface area contributed by atoms with E-state index in [0.29, 0.717) is 0 Å². The van der Waals surface area contributed by atoms with Gasteiger partial charge in [0.2, 0.25) is 0 Å². The van der Waals surface area contributed by atoms with Crippen molar-refractivity contribution in [3.05, 3.63) is 172 Å². The van der Waals surface area contributed by atoms with E-state index in [1.54, 1.807) is 0 Å². The van der Waals surface area contributed by atoms with E-state index in [-0.39, 0.29) is 5.41 Å². The Hall–Kier alpha value is -5.08. The summed E-state index contributed by atoms with van der Waals surface area (Å²) in [5.41, 5.74) is 18.7. The molecule has 43 heavy (non-hydrogen) atoms. The van der Waals surface area contributed by atoms with Crippen LogP contribution in [0.2, 0.25) is 0 Å². The summed E-state index contributed by atoms with van der Waals surface area (Å²) in [7, 11) is 4.43. The van der Waals surface area contributed by atoms with Crippen LogP contribution in [-0.2, 0) is 18.4 Å². The lowest BCUT2D eigenvalue weighted by Crippen LogP contribution is -2.26. The molecule has 206 valence electrons. The highest BCUT2D eigenvalue weighted by atomic mass is 15.1. The second-order valence-electron chi connectivity index (χ2n) is 12.3. The molecule has 9 rings (SSSR count). The van der Waals surface area contributed by atoms with Crippen molar-refractivity contribution in [1.82, 2.24) is 0 Å². The molecule has 0 radical (unpaired) electrons. The van der Waals surface area contributed by atoms with Crippen LogP contribution in [0.15, 0.2) is 133 Å². The first kappa shape index (κ1) is 24.5. The lowest BCUT2D eigenvalue weighted by molar-refractivity contribution is 0.793. The van der Waals surface area contributed by atoms with Gasteiger partial charge < -0.3 is 9.80 Å². The van der Waals surface area contributed by atoms with Crippen molar-refractivity contribution in [2.75, 3.05) is 23.9 Å². The highest BCUT2D eigenvalue weighted by molar-refractivity contribution is 5.98. The Morgan fingerprint density at radius 1 is 0.581 bits per heavy atom. The molecule has 0 fully saturated rings. The fourth-order valence-corrected chi connectivity index (χ4v) is 8.33. The molecular weight excluding hydrogens is 520 g/mol. The van der Waals surface area contributed by atoms with Gasteiger partial charge in [-0.25, -0.2) is 0 Å². The molecule has 0 aromatic heterocycles. The Labute approximate surface area is 253 Å². The topological polar surface area (TPSA) is 6.48 Å². The SMILES string of the molecule is CN(Cc1ccc2c(c1)Cc1ccccc1N2C)c1cccc2c1-c1ccccc1C21c2ccccc2-c2ccccc21. The molecule has 2 nitrogen and oxygen atoms in total. The van der Waals surface area contributed by atoms with Gasteiger partial charge in [-0.3, -0.25) is 0 Å². The van der Waals surface area contributed by atoms with Crippen LogP contribution < -0.4 is 9.80 Å². The zero-order valence-corrected chi connectivity index (χ0v) is 24.5. The van der Waals surface area contributed by atoms with Crippen molar-refractivity contribution in [1.29, 1.82) is 0 Å². The van der Waals surface area contributed by atoms with E-state index < -0.39 is 0 Å². The largest absolute Gasteiger partial charge is 0.370 e. The lowest BCUT2D eigenvalue weighted by atomic mass is 9.70. The Balaban J connectivity index is 1.17. The van der Waals surface area contributed by atoms with Gasteiger partial charge in [-0.1, -0.05) is 115 Å². The third-order valence-corrected chi connectivity index (χ3v) is 10.1. The summed E-state index contributed by atoms with van der Waals surface area (Å²) in [5, 5.41) is 0. The zero-order chi connectivity index (χ0) is 28.7. The normalized spacial score (nSPS) is 14.4. The Bertz CT molecular complexity index is 2040. The summed E-state index contributed by atoms with van der Waals surface area (Å²) in [5.74, 6) is 0. The molecular formula is C41H32N2. The van der Waals surface area contributed by atoms with E-state index >= 15 is 0 Å². The second-order valence-corrected chi connectivity index (χ2v) is 12.3. The average Bonchev–Trinajstić information content (AvgIpc) is 3.52. The van der Waals surface area contributed by atoms with Crippen LogP contribution in [0.5, 0.6) is 0 Å². The van der Waals surface area contributed by atoms with Crippen LogP contribution in [-0.4, -0.2) is 14.1 Å². The first-order chi connectivity index (χ1) is 21.2. The van der Waals surface area contributed by atoms with Gasteiger partial charge in [0.15, 0.2) is 0 Å². The number of anilines is 3. The Kier molecular flexibility index (Phi) is 5.11. The number of para-hydroxylation sites is 1. The summed E-state index contributed by atoms with van der Waals surface area (Å²) in [6.45, 7) is 0.845. The summed E-state index contributed by atoms with van der Waals surface area (Å²) >= 11 is 0. The van der Waals surface area contributed by atoms with Crippen molar-refractivity contribution in [3.63, 3.8) is 0 Å². The standard InChI is InChI=1S/C41H32N2/c1-42(26-27-22-23-38-29(24-27)25-28-12-3-10-20-37(28)43(38)2)39-21-11-19-36-40(39)32-15-6-9-18-35(32)41(36)33-16-7-4-13-30(33)31-14-5-8-17-34(31)41/h3-24H,25-26H2,1-2H3. The van der Waals surface area contributed by atoms with Gasteiger partial charge in [0, 0.05) is 49.7 Å². The van der Waals surface area contributed by atoms with E-state index in [4.69, 9.17) is 0 Å². The van der Waals surface area contributed by atoms with E-state index in [1.165, 1.54) is 78.3 Å². The molecule has 0 unspecified atom stereocenters. The van der Waals surface area contributed by atoms with Gasteiger partial charge in [0.1, 0.15) is 0 Å². The number of hydrogen-bond donors (Lipinski definition) is 0. The van der Waals surface area contributed by atoms with Crippen LogP contribution in [0.25, 0.3) is 22.3 Å². The lowest BCUT2D eigenvalue weighted by Gasteiger charge is -2.31. The summed E-state index contributed by atoms with van der Waals surface area (Å²) in [6.07, 6.45) is 0.975. The quantitative estimate of drug-likeness (QED) is 0.215. The number of fused-ring (bicyclic) bond motifs is 12. The molecule has 2 aliphatic carbocycles. The van der Waals surface area contributed by atoms with E-state index in [0.717, 1.165) is 13.0 Å². The monoisotopic (exact) mass is 552 g/mol. The minimum Gasteiger partial charge on any atom is -0.370 e. The summed E-state index contributed by atoms with van der Waals surface area (Å²) in [6, 6.07) is 49.9. The predicted molar refractivity (Wildman–Crippen MR) is 179 cm³/mol. The van der Waals surface area contributed by atoms with Gasteiger partial charge in [-0.05, 0) is 73.8 Å². The smallest absolute Gasteiger partial charge is 0.0726 e. The first-order valence-corrected chi connectivity index (χ1v) is 15.2. The maximum Gasteiger partial charge on any atom is 0.0726 e. The highest BCUT2D eigenvalue weighted by Gasteiger charge is 2.52. The highest BCUT2D eigenvalue weighted by Crippen LogP contribution is 2.64. The van der Waals surface area contributed by atoms with Crippen LogP contribution in [0.4, 0.5) is 17.1 Å². The Morgan fingerprint density at radius 2 is 1.16 bits per heavy atom. The first-order valence-electron chi connectivity index (χ1n) is 15.2. The van der Waals surface area contributed by atoms with E-state index in [2.05, 4.69) is 157 Å². The van der Waals surface area contributed by atoms with Crippen LogP contribution in [0.1, 0.15) is 38.9 Å². The van der Waals surface area contributed by atoms with Gasteiger partial charge >= 0.3 is 0 Å². The molecule has 1 aliphatic heterocycles. The summed E-state index contributed by atoms with van der Waals surface area (Å²) in [4.78, 5) is 4.78. The maximum atomic E-state index is 2.45. The van der Waals surface area contributed by atoms with Crippen molar-refractivity contribution in [2.45, 2.75) is 18.4 Å². The zero-order valence-electron chi connectivity index (χ0n) is 24.5. The second kappa shape index (κ2) is 8.96. The third kappa shape index (κ3) is 3.24. The third-order valence-electron chi connectivity index (χ3n) is 10.1. The van der Waals surface area contributed by atoms with E-state index in [1.807, 2.05) is 0 Å². The average molecular weight is 553 g/mol. The fraction of sp³-hybridized carbons (Fsp3) is 0.122. The molecule has 2 heteroatoms. The molecule has 3 aliphatic rings. The van der Waals surface area contributed by atoms with Crippen molar-refractivity contribution in [3.8, 4) is 22.3 Å². The molecule has 0 amide bonds. The van der Waals surface area contributed by atoms with Crippen molar-refractivity contribution >= 4 is 17.1 Å².